The molecule has 4 aromatic heterocycles. The lowest BCUT2D eigenvalue weighted by molar-refractivity contribution is -0.134. The Morgan fingerprint density at radius 1 is 0.863 bits per heavy atom. The molecular weight excluding hydrogens is 1020 g/mol. The number of aromatic nitrogens is 6. The Balaban J connectivity index is 0.541. The number of hydrogen-bond acceptors (Lipinski definition) is 16. The van der Waals surface area contributed by atoms with Crippen LogP contribution in [-0.4, -0.2) is 131 Å². The number of anilines is 2. The lowest BCUT2D eigenvalue weighted by Crippen LogP contribution is -2.59. The molecule has 9 heterocycles. The minimum absolute atomic E-state index is 0.0462. The molecule has 2 aliphatic carbocycles. The Hall–Kier alpha value is -7.64. The maximum Gasteiger partial charge on any atom is 0.254 e. The molecule has 0 radical (unpaired) electrons. The van der Waals surface area contributed by atoms with Crippen molar-refractivity contribution in [2.24, 2.45) is 16.5 Å². The van der Waals surface area contributed by atoms with Crippen molar-refractivity contribution in [1.82, 2.24) is 45.4 Å². The van der Waals surface area contributed by atoms with Gasteiger partial charge in [0.1, 0.15) is 23.6 Å². The number of β-amino-alcohol motifs (C(OH)–C–C–N with tert-alkyl or cyclic N) is 1. The van der Waals surface area contributed by atoms with Crippen LogP contribution in [0.3, 0.4) is 0 Å². The Bertz CT molecular complexity index is 3450. The van der Waals surface area contributed by atoms with Crippen LogP contribution in [0.5, 0.6) is 11.6 Å². The lowest BCUT2D eigenvalue weighted by Gasteiger charge is -2.60. The number of hydrogen-bond donors (Lipinski definition) is 4. The van der Waals surface area contributed by atoms with Crippen molar-refractivity contribution in [1.29, 1.82) is 0 Å². The molecule has 18 nitrogen and oxygen atoms in total. The number of carbonyl (C=O) groups is 1. The molecule has 80 heavy (non-hydrogen) atoms. The molecule has 414 valence electrons. The predicted octanol–water partition coefficient (Wildman–Crippen LogP) is 8.85. The molecule has 6 fully saturated rings. The monoisotopic (exact) mass is 1080 g/mol. The van der Waals surface area contributed by atoms with Crippen LogP contribution in [0.25, 0.3) is 33.4 Å². The van der Waals surface area contributed by atoms with Gasteiger partial charge in [0.25, 0.3) is 5.88 Å². The van der Waals surface area contributed by atoms with Crippen LogP contribution >= 0.6 is 0 Å². The van der Waals surface area contributed by atoms with E-state index in [1.807, 2.05) is 75.5 Å². The third kappa shape index (κ3) is 9.05. The minimum atomic E-state index is -1.04. The highest BCUT2D eigenvalue weighted by Gasteiger charge is 2.56. The van der Waals surface area contributed by atoms with Crippen molar-refractivity contribution in [2.75, 3.05) is 42.5 Å². The van der Waals surface area contributed by atoms with E-state index in [1.165, 1.54) is 24.5 Å². The number of phenols is 1. The van der Waals surface area contributed by atoms with Crippen LogP contribution in [0, 0.1) is 17.2 Å². The highest BCUT2D eigenvalue weighted by molar-refractivity contribution is 5.95. The molecule has 14 rings (SSSR count). The standard InChI is InChI=1S/C61H67FN12O6/c1-35(2)55(58(77)73-34-43(75)22-50(73)57-66-60(3,80-70-57)39-14-12-37(13-15-39)45-8-4-6-10-48(45)62)53-24-54(69-79-53)78-44-27-61(28-44)25-42(26-61)71-20-18-36(19-21-71)38-29-64-59(65-30-38)74-40-16-17-41(74)33-72(32-40)51-31-63-56-47(51)23-49(67-68-56)46-9-5-7-11-52(46)76/h4-15,23-24,29-31,35-36,40-44,50,55,75-76H,16-22,25-28,32-34H2,1-3H3,(H,63,68)(H,66,70)/t40?,41?,42-,43-,44-,50+,55-,60+,61?/m1/s1. The molecule has 7 aromatic rings. The fourth-order valence-electron chi connectivity index (χ4n) is 14.5. The maximum atomic E-state index is 14.5. The number of amides is 1. The molecule has 1 amide bonds. The first-order chi connectivity index (χ1) is 38.8. The number of nitrogens with zero attached hydrogens (tertiary/aromatic N) is 10. The van der Waals surface area contributed by atoms with Crippen molar-refractivity contribution >= 4 is 34.4 Å². The van der Waals surface area contributed by atoms with Gasteiger partial charge in [-0.3, -0.25) is 4.79 Å². The number of ether oxygens (including phenoxy) is 1. The van der Waals surface area contributed by atoms with Crippen molar-refractivity contribution in [3.63, 3.8) is 0 Å². The summed E-state index contributed by atoms with van der Waals surface area (Å²) in [5.41, 5.74) is 5.69. The van der Waals surface area contributed by atoms with Crippen molar-refractivity contribution in [3.05, 3.63) is 126 Å². The van der Waals surface area contributed by atoms with Gasteiger partial charge < -0.3 is 54.2 Å². The molecule has 1 spiro atoms. The predicted molar refractivity (Wildman–Crippen MR) is 298 cm³/mol. The van der Waals surface area contributed by atoms with Crippen LogP contribution in [0.2, 0.25) is 0 Å². The Kier molecular flexibility index (Phi) is 12.6. The van der Waals surface area contributed by atoms with E-state index in [0.29, 0.717) is 70.2 Å². The van der Waals surface area contributed by atoms with E-state index in [0.717, 1.165) is 98.5 Å². The van der Waals surface area contributed by atoms with Crippen molar-refractivity contribution in [2.45, 2.75) is 132 Å². The van der Waals surface area contributed by atoms with Crippen LogP contribution < -0.4 is 19.9 Å². The average molecular weight is 1080 g/mol. The number of para-hydroxylation sites is 1. The SMILES string of the molecule is CC(C)[C@@H](C(=O)N1C[C@H](O)C[C@H]1C1=NO[C@@](C)(c2ccc(-c3ccccc3F)cc2)N1)c1cc(O[C@H]2CC3(C2)C[C@H](N2CCC(c4cnc(N5C6CCC5CN(c5c[nH]c7nnc(-c8ccccc8O)cc57)C6)nc4)CC2)C3)no1. The zero-order chi connectivity index (χ0) is 54.4. The fourth-order valence-corrected chi connectivity index (χ4v) is 14.5. The number of amidine groups is 1. The fraction of sp³-hybridized carbons (Fsp3) is 0.459. The normalized spacial score (nSPS) is 28.0. The minimum Gasteiger partial charge on any atom is -0.507 e. The summed E-state index contributed by atoms with van der Waals surface area (Å²) in [6, 6.07) is 25.8. The molecule has 2 bridgehead atoms. The van der Waals surface area contributed by atoms with Gasteiger partial charge in [-0.1, -0.05) is 73.6 Å². The molecule has 2 unspecified atom stereocenters. The summed E-state index contributed by atoms with van der Waals surface area (Å²) in [5.74, 6) is 1.48. The van der Waals surface area contributed by atoms with Crippen LogP contribution in [0.1, 0.15) is 107 Å². The number of benzene rings is 3. The summed E-state index contributed by atoms with van der Waals surface area (Å²) in [6.45, 7) is 9.84. The molecule has 7 aliphatic rings. The van der Waals surface area contributed by atoms with Crippen LogP contribution in [0.15, 0.2) is 113 Å². The van der Waals surface area contributed by atoms with Gasteiger partial charge in [-0.2, -0.15) is 0 Å². The number of oxime groups is 1. The summed E-state index contributed by atoms with van der Waals surface area (Å²) >= 11 is 0. The number of aromatic hydroxyl groups is 1. The van der Waals surface area contributed by atoms with Gasteiger partial charge in [-0.15, -0.1) is 10.2 Å². The second-order valence-electron chi connectivity index (χ2n) is 24.2. The molecule has 4 saturated heterocycles. The molecular formula is C61H67FN12O6. The number of nitrogens with one attached hydrogen (secondary N) is 2. The summed E-state index contributed by atoms with van der Waals surface area (Å²) < 4.78 is 26.8. The van der Waals surface area contributed by atoms with Gasteiger partial charge >= 0.3 is 0 Å². The largest absolute Gasteiger partial charge is 0.507 e. The first-order valence-corrected chi connectivity index (χ1v) is 28.6. The second-order valence-corrected chi connectivity index (χ2v) is 24.2. The number of likely N-dealkylation sites (tertiary alicyclic amines) is 2. The number of phenolic OH excluding ortho intramolecular Hbond substituents is 1. The average Bonchev–Trinajstić information content (AvgIpc) is 4.34. The number of fused-ring (bicyclic) bond motifs is 3. The lowest BCUT2D eigenvalue weighted by atomic mass is 9.52. The number of halogens is 1. The van der Waals surface area contributed by atoms with Gasteiger partial charge in [-0.05, 0) is 122 Å². The highest BCUT2D eigenvalue weighted by Crippen LogP contribution is 2.58. The number of piperazine rings is 1. The van der Waals surface area contributed by atoms with Gasteiger partial charge in [0.05, 0.1) is 23.5 Å². The molecule has 5 aliphatic heterocycles. The highest BCUT2D eigenvalue weighted by atomic mass is 19.1. The summed E-state index contributed by atoms with van der Waals surface area (Å²) in [7, 11) is 0. The molecule has 6 atom stereocenters. The number of H-pyrrole nitrogens is 1. The van der Waals surface area contributed by atoms with E-state index < -0.39 is 23.8 Å². The van der Waals surface area contributed by atoms with E-state index in [2.05, 4.69) is 57.9 Å². The van der Waals surface area contributed by atoms with E-state index in [4.69, 9.17) is 24.1 Å². The maximum absolute atomic E-state index is 14.5. The topological polar surface area (TPSA) is 207 Å². The second kappa shape index (κ2) is 19.9. The first-order valence-electron chi connectivity index (χ1n) is 28.6. The summed E-state index contributed by atoms with van der Waals surface area (Å²) in [4.78, 5) is 43.1. The molecule has 19 heteroatoms. The zero-order valence-electron chi connectivity index (χ0n) is 45.3. The third-order valence-corrected chi connectivity index (χ3v) is 18.7. The van der Waals surface area contributed by atoms with E-state index >= 15 is 0 Å². The Labute approximate surface area is 463 Å². The number of aromatic amines is 1. The summed E-state index contributed by atoms with van der Waals surface area (Å²) in [6.07, 6.45) is 14.5. The van der Waals surface area contributed by atoms with Gasteiger partial charge in [0.15, 0.2) is 17.2 Å². The van der Waals surface area contributed by atoms with Crippen LogP contribution in [0.4, 0.5) is 16.0 Å². The van der Waals surface area contributed by atoms with E-state index in [-0.39, 0.29) is 36.0 Å². The van der Waals surface area contributed by atoms with Gasteiger partial charge in [0.2, 0.25) is 17.6 Å². The molecule has 3 aromatic carbocycles. The van der Waals surface area contributed by atoms with Gasteiger partial charge in [-0.25, -0.2) is 14.4 Å². The molecule has 4 N–H and O–H groups in total. The van der Waals surface area contributed by atoms with Gasteiger partial charge in [0, 0.05) is 97.8 Å². The van der Waals surface area contributed by atoms with Crippen molar-refractivity contribution in [3.8, 4) is 34.0 Å². The molecule has 2 saturated carbocycles. The van der Waals surface area contributed by atoms with Crippen LogP contribution in [-0.2, 0) is 15.4 Å². The number of rotatable bonds is 13. The van der Waals surface area contributed by atoms with E-state index in [9.17, 15) is 19.4 Å². The van der Waals surface area contributed by atoms with Crippen molar-refractivity contribution < 1.29 is 33.5 Å². The third-order valence-electron chi connectivity index (χ3n) is 18.7. The Morgan fingerprint density at radius 2 is 1.59 bits per heavy atom. The Morgan fingerprint density at radius 3 is 2.31 bits per heavy atom. The number of aliphatic hydroxyl groups excluding tert-OH is 1. The first kappa shape index (κ1) is 50.6. The van der Waals surface area contributed by atoms with E-state index in [1.54, 1.807) is 35.2 Å². The number of carbonyl (C=O) groups excluding carboxylic acids is 1. The number of piperidine rings is 1. The number of aliphatic hydroxyl groups is 1. The quantitative estimate of drug-likeness (QED) is 0.0851. The zero-order valence-corrected chi connectivity index (χ0v) is 45.3. The smallest absolute Gasteiger partial charge is 0.254 e. The summed E-state index contributed by atoms with van der Waals surface area (Å²) in [5, 5.41) is 43.4.